The van der Waals surface area contributed by atoms with E-state index >= 15 is 0 Å². The third-order valence-electron chi connectivity index (χ3n) is 4.02. The number of aryl methyl sites for hydroxylation is 1. The lowest BCUT2D eigenvalue weighted by molar-refractivity contribution is 0.0988. The van der Waals surface area contributed by atoms with Gasteiger partial charge in [0, 0.05) is 18.8 Å². The summed E-state index contributed by atoms with van der Waals surface area (Å²) in [6.45, 7) is 5.71. The van der Waals surface area contributed by atoms with E-state index in [2.05, 4.69) is 15.3 Å². The Bertz CT molecular complexity index is 958. The molecule has 0 spiro atoms. The number of hydrogen-bond acceptors (Lipinski definition) is 5. The molecular formula is C22H24N4O2. The lowest BCUT2D eigenvalue weighted by atomic mass is 10.2. The molecule has 0 saturated heterocycles. The number of carbonyl (C=O) groups excluding carboxylic acids is 1. The first-order valence-corrected chi connectivity index (χ1v) is 9.15. The van der Waals surface area contributed by atoms with Crippen LogP contribution in [0.25, 0.3) is 0 Å². The first kappa shape index (κ1) is 19.4. The number of hydrogen-bond donors (Lipinski definition) is 1. The summed E-state index contributed by atoms with van der Waals surface area (Å²) in [6.07, 6.45) is 0.0479. The van der Waals surface area contributed by atoms with E-state index in [9.17, 15) is 4.79 Å². The van der Waals surface area contributed by atoms with Crippen molar-refractivity contribution in [2.45, 2.75) is 26.9 Å². The van der Waals surface area contributed by atoms with E-state index in [1.54, 1.807) is 24.9 Å². The van der Waals surface area contributed by atoms with E-state index in [1.165, 1.54) is 0 Å². The van der Waals surface area contributed by atoms with Crippen molar-refractivity contribution in [3.63, 3.8) is 0 Å². The van der Waals surface area contributed by atoms with Gasteiger partial charge in [0.1, 0.15) is 23.1 Å². The fourth-order valence-electron chi connectivity index (χ4n) is 2.75. The molecule has 6 heteroatoms. The summed E-state index contributed by atoms with van der Waals surface area (Å²) in [7, 11) is 1.73. The number of ether oxygens (including phenoxy) is 1. The van der Waals surface area contributed by atoms with Gasteiger partial charge in [-0.15, -0.1) is 0 Å². The van der Waals surface area contributed by atoms with Crippen LogP contribution in [0.15, 0.2) is 60.7 Å². The van der Waals surface area contributed by atoms with Gasteiger partial charge >= 0.3 is 0 Å². The smallest absolute Gasteiger partial charge is 0.276 e. The molecule has 1 heterocycles. The number of amides is 1. The number of benzene rings is 2. The molecule has 6 nitrogen and oxygen atoms in total. The van der Waals surface area contributed by atoms with Crippen molar-refractivity contribution >= 4 is 23.1 Å². The van der Waals surface area contributed by atoms with Gasteiger partial charge in [-0.1, -0.05) is 30.3 Å². The number of para-hydroxylation sites is 3. The van der Waals surface area contributed by atoms with E-state index in [4.69, 9.17) is 4.74 Å². The van der Waals surface area contributed by atoms with Gasteiger partial charge in [-0.25, -0.2) is 9.97 Å². The third kappa shape index (κ3) is 4.65. The highest BCUT2D eigenvalue weighted by Crippen LogP contribution is 2.28. The van der Waals surface area contributed by atoms with Crippen LogP contribution in [-0.4, -0.2) is 29.0 Å². The van der Waals surface area contributed by atoms with E-state index in [1.807, 2.05) is 68.4 Å². The van der Waals surface area contributed by atoms with Crippen LogP contribution in [0, 0.1) is 6.92 Å². The van der Waals surface area contributed by atoms with Crippen molar-refractivity contribution in [1.82, 2.24) is 9.97 Å². The second-order valence-corrected chi connectivity index (χ2v) is 6.67. The quantitative estimate of drug-likeness (QED) is 0.681. The van der Waals surface area contributed by atoms with E-state index in [0.717, 1.165) is 17.1 Å². The Hall–Kier alpha value is -3.41. The zero-order chi connectivity index (χ0) is 20.1. The zero-order valence-corrected chi connectivity index (χ0v) is 16.5. The van der Waals surface area contributed by atoms with Crippen molar-refractivity contribution in [2.75, 3.05) is 17.3 Å². The van der Waals surface area contributed by atoms with Gasteiger partial charge in [-0.2, -0.15) is 0 Å². The standard InChI is InChI=1S/C22H24N4O2/c1-15(2)28-20-13-9-8-12-18(20)25-21-14-19(23-16(3)24-21)22(27)26(4)17-10-6-5-7-11-17/h5-15H,1-4H3,(H,23,24,25). The monoisotopic (exact) mass is 376 g/mol. The normalized spacial score (nSPS) is 10.6. The summed E-state index contributed by atoms with van der Waals surface area (Å²) >= 11 is 0. The molecule has 3 rings (SSSR count). The molecule has 0 aliphatic heterocycles. The highest BCUT2D eigenvalue weighted by molar-refractivity contribution is 6.04. The van der Waals surface area contributed by atoms with Crippen LogP contribution in [0.1, 0.15) is 30.2 Å². The Labute approximate surface area is 165 Å². The average molecular weight is 376 g/mol. The van der Waals surface area contributed by atoms with Crippen LogP contribution >= 0.6 is 0 Å². The van der Waals surface area contributed by atoms with Crippen LogP contribution in [0.4, 0.5) is 17.2 Å². The van der Waals surface area contributed by atoms with Crippen molar-refractivity contribution in [1.29, 1.82) is 0 Å². The molecule has 0 aliphatic carbocycles. The molecule has 28 heavy (non-hydrogen) atoms. The largest absolute Gasteiger partial charge is 0.489 e. The Balaban J connectivity index is 1.87. The maximum Gasteiger partial charge on any atom is 0.276 e. The van der Waals surface area contributed by atoms with Crippen LogP contribution in [-0.2, 0) is 0 Å². The van der Waals surface area contributed by atoms with Crippen LogP contribution in [0.2, 0.25) is 0 Å². The van der Waals surface area contributed by atoms with Gasteiger partial charge in [0.25, 0.3) is 5.91 Å². The number of rotatable bonds is 6. The number of nitrogens with zero attached hydrogens (tertiary/aromatic N) is 3. The molecule has 1 N–H and O–H groups in total. The maximum atomic E-state index is 12.9. The highest BCUT2D eigenvalue weighted by atomic mass is 16.5. The van der Waals surface area contributed by atoms with Crippen LogP contribution in [0.5, 0.6) is 5.75 Å². The minimum Gasteiger partial charge on any atom is -0.489 e. The molecule has 1 amide bonds. The second-order valence-electron chi connectivity index (χ2n) is 6.67. The molecule has 0 unspecified atom stereocenters. The molecule has 0 saturated carbocycles. The molecule has 144 valence electrons. The SMILES string of the molecule is Cc1nc(Nc2ccccc2OC(C)C)cc(C(=O)N(C)c2ccccc2)n1. The minimum atomic E-state index is -0.202. The average Bonchev–Trinajstić information content (AvgIpc) is 2.68. The van der Waals surface area contributed by atoms with Gasteiger partial charge in [0.2, 0.25) is 0 Å². The molecule has 0 fully saturated rings. The Morgan fingerprint density at radius 2 is 1.71 bits per heavy atom. The van der Waals surface area contributed by atoms with Crippen molar-refractivity contribution < 1.29 is 9.53 Å². The third-order valence-corrected chi connectivity index (χ3v) is 4.02. The lowest BCUT2D eigenvalue weighted by Gasteiger charge is -2.18. The first-order chi connectivity index (χ1) is 13.4. The van der Waals surface area contributed by atoms with Crippen molar-refractivity contribution in [3.05, 3.63) is 72.2 Å². The van der Waals surface area contributed by atoms with Gasteiger partial charge in [0.15, 0.2) is 0 Å². The minimum absolute atomic E-state index is 0.0479. The highest BCUT2D eigenvalue weighted by Gasteiger charge is 2.17. The number of carbonyl (C=O) groups is 1. The fourth-order valence-corrected chi connectivity index (χ4v) is 2.75. The van der Waals surface area contributed by atoms with E-state index in [0.29, 0.717) is 17.3 Å². The van der Waals surface area contributed by atoms with Gasteiger partial charge in [-0.05, 0) is 45.0 Å². The van der Waals surface area contributed by atoms with Crippen LogP contribution in [0.3, 0.4) is 0 Å². The summed E-state index contributed by atoms with van der Waals surface area (Å²) in [5, 5.41) is 3.25. The molecule has 0 radical (unpaired) electrons. The topological polar surface area (TPSA) is 67.4 Å². The van der Waals surface area contributed by atoms with Gasteiger partial charge in [0.05, 0.1) is 11.8 Å². The molecular weight excluding hydrogens is 352 g/mol. The maximum absolute atomic E-state index is 12.9. The predicted octanol–water partition coefficient (Wildman–Crippen LogP) is 4.59. The molecule has 2 aromatic carbocycles. The summed E-state index contributed by atoms with van der Waals surface area (Å²) in [5.41, 5.74) is 1.90. The Kier molecular flexibility index (Phi) is 5.89. The van der Waals surface area contributed by atoms with Gasteiger partial charge in [-0.3, -0.25) is 4.79 Å². The second kappa shape index (κ2) is 8.52. The van der Waals surface area contributed by atoms with Crippen molar-refractivity contribution in [3.8, 4) is 5.75 Å². The van der Waals surface area contributed by atoms with Crippen molar-refractivity contribution in [2.24, 2.45) is 0 Å². The molecule has 3 aromatic rings. The summed E-state index contributed by atoms with van der Waals surface area (Å²) in [5.74, 6) is 1.57. The fraction of sp³-hybridized carbons (Fsp3) is 0.227. The van der Waals surface area contributed by atoms with E-state index in [-0.39, 0.29) is 12.0 Å². The first-order valence-electron chi connectivity index (χ1n) is 9.15. The lowest BCUT2D eigenvalue weighted by Crippen LogP contribution is -2.27. The summed E-state index contributed by atoms with van der Waals surface area (Å²) < 4.78 is 5.84. The zero-order valence-electron chi connectivity index (χ0n) is 16.5. The molecule has 0 atom stereocenters. The molecule has 0 aliphatic rings. The molecule has 1 aromatic heterocycles. The van der Waals surface area contributed by atoms with Gasteiger partial charge < -0.3 is 15.0 Å². The number of anilines is 3. The number of nitrogens with one attached hydrogen (secondary N) is 1. The predicted molar refractivity (Wildman–Crippen MR) is 111 cm³/mol. The summed E-state index contributed by atoms with van der Waals surface area (Å²) in [4.78, 5) is 23.2. The molecule has 0 bridgehead atoms. The van der Waals surface area contributed by atoms with E-state index < -0.39 is 0 Å². The Morgan fingerprint density at radius 3 is 2.43 bits per heavy atom. The Morgan fingerprint density at radius 1 is 1.04 bits per heavy atom. The van der Waals surface area contributed by atoms with Crippen LogP contribution < -0.4 is 15.0 Å². The summed E-state index contributed by atoms with van der Waals surface area (Å²) in [6, 6.07) is 18.7. The number of aromatic nitrogens is 2.